The zero-order valence-corrected chi connectivity index (χ0v) is 10.5. The molecule has 0 fully saturated rings. The van der Waals surface area contributed by atoms with Gasteiger partial charge < -0.3 is 10.4 Å². The summed E-state index contributed by atoms with van der Waals surface area (Å²) in [5.74, 6) is 1.65. The van der Waals surface area contributed by atoms with Crippen LogP contribution in [-0.2, 0) is 0 Å². The Bertz CT molecular complexity index is 329. The van der Waals surface area contributed by atoms with Gasteiger partial charge in [0.05, 0.1) is 6.10 Å². The van der Waals surface area contributed by atoms with E-state index >= 15 is 0 Å². The second-order valence-electron chi connectivity index (χ2n) is 3.64. The Kier molecular flexibility index (Phi) is 6.93. The predicted molar refractivity (Wildman–Crippen MR) is 71.8 cm³/mol. The maximum atomic E-state index is 12.7. The van der Waals surface area contributed by atoms with Crippen molar-refractivity contribution in [2.24, 2.45) is 0 Å². The topological polar surface area (TPSA) is 32.3 Å². The van der Waals surface area contributed by atoms with E-state index in [0.717, 1.165) is 23.6 Å². The molecular weight excluding hydrogens is 237 g/mol. The molecule has 1 aromatic carbocycles. The molecular formula is C13H18FNOS. The average Bonchev–Trinajstić information content (AvgIpc) is 2.34. The summed E-state index contributed by atoms with van der Waals surface area (Å²) in [5, 5.41) is 13.0. The van der Waals surface area contributed by atoms with Gasteiger partial charge in [-0.2, -0.15) is 11.8 Å². The third-order valence-electron chi connectivity index (χ3n) is 2.25. The van der Waals surface area contributed by atoms with Crippen molar-refractivity contribution in [2.45, 2.75) is 6.10 Å². The van der Waals surface area contributed by atoms with Gasteiger partial charge in [-0.05, 0) is 17.7 Å². The van der Waals surface area contributed by atoms with Crippen molar-refractivity contribution in [1.82, 2.24) is 5.32 Å². The molecule has 0 radical (unpaired) electrons. The molecule has 2 nitrogen and oxygen atoms in total. The summed E-state index contributed by atoms with van der Waals surface area (Å²) in [6, 6.07) is 5.93. The van der Waals surface area contributed by atoms with E-state index < -0.39 is 6.10 Å². The maximum absolute atomic E-state index is 12.7. The molecule has 1 aromatic rings. The van der Waals surface area contributed by atoms with Gasteiger partial charge in [0.2, 0.25) is 0 Å². The van der Waals surface area contributed by atoms with Crippen LogP contribution in [0.15, 0.2) is 36.9 Å². The van der Waals surface area contributed by atoms with Crippen molar-refractivity contribution in [3.05, 3.63) is 48.3 Å². The van der Waals surface area contributed by atoms with Crippen LogP contribution in [0.5, 0.6) is 0 Å². The lowest BCUT2D eigenvalue weighted by Gasteiger charge is -2.11. The van der Waals surface area contributed by atoms with Crippen molar-refractivity contribution < 1.29 is 9.50 Å². The fraction of sp³-hybridized carbons (Fsp3) is 0.385. The highest BCUT2D eigenvalue weighted by atomic mass is 32.2. The minimum Gasteiger partial charge on any atom is -0.387 e. The zero-order chi connectivity index (χ0) is 12.5. The number of benzene rings is 1. The standard InChI is InChI=1S/C13H18FNOS/c1-2-8-17-9-7-15-10-13(16)11-3-5-12(14)6-4-11/h2-6,13,15-16H,1,7-10H2. The van der Waals surface area contributed by atoms with Gasteiger partial charge in [-0.15, -0.1) is 6.58 Å². The number of aliphatic hydroxyl groups is 1. The fourth-order valence-electron chi connectivity index (χ4n) is 1.35. The Balaban J connectivity index is 2.18. The SMILES string of the molecule is C=CCSCCNCC(O)c1ccc(F)cc1. The molecule has 0 heterocycles. The number of rotatable bonds is 8. The average molecular weight is 255 g/mol. The molecule has 0 aliphatic rings. The minimum atomic E-state index is -0.583. The van der Waals surface area contributed by atoms with Gasteiger partial charge in [0, 0.05) is 24.6 Å². The first-order chi connectivity index (χ1) is 8.24. The molecule has 0 aromatic heterocycles. The van der Waals surface area contributed by atoms with E-state index in [1.807, 2.05) is 6.08 Å². The lowest BCUT2D eigenvalue weighted by molar-refractivity contribution is 0.175. The number of thioether (sulfide) groups is 1. The van der Waals surface area contributed by atoms with E-state index in [0.29, 0.717) is 6.54 Å². The summed E-state index contributed by atoms with van der Waals surface area (Å²) in [6.07, 6.45) is 1.29. The summed E-state index contributed by atoms with van der Waals surface area (Å²) >= 11 is 1.79. The van der Waals surface area contributed by atoms with Gasteiger partial charge in [0.1, 0.15) is 5.82 Å². The van der Waals surface area contributed by atoms with Crippen LogP contribution in [-0.4, -0.2) is 29.7 Å². The minimum absolute atomic E-state index is 0.283. The first-order valence-electron chi connectivity index (χ1n) is 5.57. The van der Waals surface area contributed by atoms with Gasteiger partial charge in [0.15, 0.2) is 0 Å². The molecule has 1 unspecified atom stereocenters. The highest BCUT2D eigenvalue weighted by Gasteiger charge is 2.06. The van der Waals surface area contributed by atoms with Crippen LogP contribution in [0, 0.1) is 5.82 Å². The summed E-state index contributed by atoms with van der Waals surface area (Å²) in [4.78, 5) is 0. The van der Waals surface area contributed by atoms with Gasteiger partial charge in [0.25, 0.3) is 0 Å². The summed E-state index contributed by atoms with van der Waals surface area (Å²) in [6.45, 7) is 4.97. The lowest BCUT2D eigenvalue weighted by atomic mass is 10.1. The summed E-state index contributed by atoms with van der Waals surface area (Å²) in [5.41, 5.74) is 0.734. The van der Waals surface area contributed by atoms with Crippen LogP contribution in [0.3, 0.4) is 0 Å². The summed E-state index contributed by atoms with van der Waals surface area (Å²) in [7, 11) is 0. The van der Waals surface area contributed by atoms with Gasteiger partial charge in [-0.25, -0.2) is 4.39 Å². The van der Waals surface area contributed by atoms with Crippen LogP contribution in [0.1, 0.15) is 11.7 Å². The number of halogens is 1. The van der Waals surface area contributed by atoms with Crippen molar-refractivity contribution >= 4 is 11.8 Å². The Morgan fingerprint density at radius 2 is 2.12 bits per heavy atom. The van der Waals surface area contributed by atoms with Crippen molar-refractivity contribution in [3.63, 3.8) is 0 Å². The zero-order valence-electron chi connectivity index (χ0n) is 9.73. The Hall–Kier alpha value is -0.840. The Morgan fingerprint density at radius 3 is 2.76 bits per heavy atom. The van der Waals surface area contributed by atoms with Crippen LogP contribution >= 0.6 is 11.8 Å². The van der Waals surface area contributed by atoms with E-state index in [2.05, 4.69) is 11.9 Å². The molecule has 0 saturated heterocycles. The molecule has 94 valence electrons. The lowest BCUT2D eigenvalue weighted by Crippen LogP contribution is -2.23. The van der Waals surface area contributed by atoms with E-state index in [9.17, 15) is 9.50 Å². The van der Waals surface area contributed by atoms with E-state index in [1.54, 1.807) is 23.9 Å². The third-order valence-corrected chi connectivity index (χ3v) is 3.22. The molecule has 1 atom stereocenters. The third kappa shape index (κ3) is 5.86. The Morgan fingerprint density at radius 1 is 1.41 bits per heavy atom. The first kappa shape index (κ1) is 14.2. The van der Waals surface area contributed by atoms with Gasteiger partial charge in [-0.1, -0.05) is 18.2 Å². The van der Waals surface area contributed by atoms with Crippen LogP contribution in [0.25, 0.3) is 0 Å². The molecule has 0 spiro atoms. The molecule has 0 aliphatic carbocycles. The van der Waals surface area contributed by atoms with Crippen molar-refractivity contribution in [1.29, 1.82) is 0 Å². The van der Waals surface area contributed by atoms with Crippen LogP contribution in [0.4, 0.5) is 4.39 Å². The molecule has 0 saturated carbocycles. The molecule has 4 heteroatoms. The normalized spacial score (nSPS) is 12.4. The maximum Gasteiger partial charge on any atom is 0.123 e. The molecule has 17 heavy (non-hydrogen) atoms. The first-order valence-corrected chi connectivity index (χ1v) is 6.72. The number of hydrogen-bond acceptors (Lipinski definition) is 3. The highest BCUT2D eigenvalue weighted by Crippen LogP contribution is 2.12. The monoisotopic (exact) mass is 255 g/mol. The van der Waals surface area contributed by atoms with E-state index in [4.69, 9.17) is 0 Å². The molecule has 0 bridgehead atoms. The second kappa shape index (κ2) is 8.28. The van der Waals surface area contributed by atoms with Crippen LogP contribution in [0.2, 0.25) is 0 Å². The fourth-order valence-corrected chi connectivity index (χ4v) is 1.97. The predicted octanol–water partition coefficient (Wildman–Crippen LogP) is 2.37. The van der Waals surface area contributed by atoms with E-state index in [1.165, 1.54) is 12.1 Å². The molecule has 0 aliphatic heterocycles. The van der Waals surface area contributed by atoms with Gasteiger partial charge in [-0.3, -0.25) is 0 Å². The van der Waals surface area contributed by atoms with E-state index in [-0.39, 0.29) is 5.82 Å². The Labute approximate surface area is 106 Å². The van der Waals surface area contributed by atoms with Gasteiger partial charge >= 0.3 is 0 Å². The quantitative estimate of drug-likeness (QED) is 0.552. The highest BCUT2D eigenvalue weighted by molar-refractivity contribution is 7.99. The summed E-state index contributed by atoms with van der Waals surface area (Å²) < 4.78 is 12.7. The number of aliphatic hydroxyl groups excluding tert-OH is 1. The largest absolute Gasteiger partial charge is 0.387 e. The van der Waals surface area contributed by atoms with Crippen molar-refractivity contribution in [3.8, 4) is 0 Å². The molecule has 1 rings (SSSR count). The van der Waals surface area contributed by atoms with Crippen molar-refractivity contribution in [2.75, 3.05) is 24.6 Å². The second-order valence-corrected chi connectivity index (χ2v) is 4.78. The molecule has 2 N–H and O–H groups in total. The van der Waals surface area contributed by atoms with Crippen LogP contribution < -0.4 is 5.32 Å². The number of hydrogen-bond donors (Lipinski definition) is 2. The number of nitrogens with one attached hydrogen (secondary N) is 1. The molecule has 0 amide bonds. The smallest absolute Gasteiger partial charge is 0.123 e.